The van der Waals surface area contributed by atoms with Crippen LogP contribution in [0.4, 0.5) is 0 Å². The summed E-state index contributed by atoms with van der Waals surface area (Å²) in [6, 6.07) is 18.1. The van der Waals surface area contributed by atoms with Crippen LogP contribution in [-0.2, 0) is 6.54 Å². The monoisotopic (exact) mass is 363 g/mol. The summed E-state index contributed by atoms with van der Waals surface area (Å²) in [4.78, 5) is 23.3. The van der Waals surface area contributed by atoms with Gasteiger partial charge in [0.2, 0.25) is 0 Å². The minimum Gasteiger partial charge on any atom is -0.508 e. The predicted molar refractivity (Wildman–Crippen MR) is 99.8 cm³/mol. The van der Waals surface area contributed by atoms with E-state index in [9.17, 15) is 19.8 Å². The maximum absolute atomic E-state index is 12.2. The van der Waals surface area contributed by atoms with Crippen molar-refractivity contribution in [3.05, 3.63) is 83.4 Å². The van der Waals surface area contributed by atoms with Crippen molar-refractivity contribution >= 4 is 11.9 Å². The van der Waals surface area contributed by atoms with Gasteiger partial charge in [-0.25, -0.2) is 4.79 Å². The van der Waals surface area contributed by atoms with Crippen LogP contribution in [0.25, 0.3) is 11.1 Å². The molecule has 0 atom stereocenters. The van der Waals surface area contributed by atoms with E-state index in [4.69, 9.17) is 5.11 Å². The number of amides is 1. The highest BCUT2D eigenvalue weighted by molar-refractivity contribution is 5.98. The Kier molecular flexibility index (Phi) is 5.08. The molecule has 0 bridgehead atoms. The average Bonchev–Trinajstić information content (AvgIpc) is 2.67. The average molecular weight is 363 g/mol. The zero-order valence-electron chi connectivity index (χ0n) is 14.2. The Labute approximate surface area is 155 Å². The third-order valence-corrected chi connectivity index (χ3v) is 4.10. The van der Waals surface area contributed by atoms with Gasteiger partial charge in [-0.15, -0.1) is 0 Å². The first-order chi connectivity index (χ1) is 12.9. The molecule has 0 heterocycles. The molecule has 0 unspecified atom stereocenters. The van der Waals surface area contributed by atoms with Crippen LogP contribution in [0.2, 0.25) is 0 Å². The summed E-state index contributed by atoms with van der Waals surface area (Å²) >= 11 is 0. The quantitative estimate of drug-likeness (QED) is 0.556. The molecule has 1 amide bonds. The van der Waals surface area contributed by atoms with Crippen molar-refractivity contribution in [2.24, 2.45) is 0 Å². The molecule has 0 fully saturated rings. The van der Waals surface area contributed by atoms with Crippen LogP contribution < -0.4 is 5.32 Å². The van der Waals surface area contributed by atoms with Crippen molar-refractivity contribution in [3.8, 4) is 22.6 Å². The van der Waals surface area contributed by atoms with Crippen LogP contribution in [0.15, 0.2) is 66.7 Å². The summed E-state index contributed by atoms with van der Waals surface area (Å²) in [5.74, 6) is -1.91. The van der Waals surface area contributed by atoms with Crippen molar-refractivity contribution in [3.63, 3.8) is 0 Å². The fourth-order valence-corrected chi connectivity index (χ4v) is 2.60. The van der Waals surface area contributed by atoms with E-state index < -0.39 is 11.9 Å². The first-order valence-corrected chi connectivity index (χ1v) is 8.17. The molecule has 0 radical (unpaired) electrons. The summed E-state index contributed by atoms with van der Waals surface area (Å²) in [6.07, 6.45) is 0. The van der Waals surface area contributed by atoms with Gasteiger partial charge in [-0.1, -0.05) is 36.4 Å². The smallest absolute Gasteiger partial charge is 0.339 e. The van der Waals surface area contributed by atoms with Gasteiger partial charge in [0.1, 0.15) is 17.1 Å². The van der Waals surface area contributed by atoms with Crippen LogP contribution in [0.5, 0.6) is 11.5 Å². The molecule has 6 heteroatoms. The molecule has 0 aliphatic carbocycles. The number of aromatic carboxylic acids is 1. The van der Waals surface area contributed by atoms with Gasteiger partial charge in [0.15, 0.2) is 0 Å². The van der Waals surface area contributed by atoms with E-state index in [1.54, 1.807) is 12.1 Å². The standard InChI is InChI=1S/C21H17NO5/c23-17-8-5-15(6-9-17)14-3-1-13(2-4-14)12-22-20(25)16-7-10-19(24)18(11-16)21(26)27/h1-11,23-24H,12H2,(H,22,25)(H,26,27). The van der Waals surface area contributed by atoms with Gasteiger partial charge < -0.3 is 20.6 Å². The highest BCUT2D eigenvalue weighted by Gasteiger charge is 2.13. The van der Waals surface area contributed by atoms with Crippen molar-refractivity contribution in [2.75, 3.05) is 0 Å². The van der Waals surface area contributed by atoms with Gasteiger partial charge in [0.25, 0.3) is 5.91 Å². The number of carbonyl (C=O) groups excluding carboxylic acids is 1. The normalized spacial score (nSPS) is 10.4. The Balaban J connectivity index is 1.66. The summed E-state index contributed by atoms with van der Waals surface area (Å²) in [6.45, 7) is 0.276. The van der Waals surface area contributed by atoms with Gasteiger partial charge in [-0.05, 0) is 47.0 Å². The molecule has 0 aliphatic heterocycles. The Morgan fingerprint density at radius 1 is 0.815 bits per heavy atom. The minimum atomic E-state index is -1.30. The van der Waals surface area contributed by atoms with Gasteiger partial charge >= 0.3 is 5.97 Å². The van der Waals surface area contributed by atoms with E-state index >= 15 is 0 Å². The molecule has 6 nitrogen and oxygen atoms in total. The Morgan fingerprint density at radius 3 is 2.00 bits per heavy atom. The summed E-state index contributed by atoms with van der Waals surface area (Å²) in [5.41, 5.74) is 2.67. The van der Waals surface area contributed by atoms with Gasteiger partial charge in [0, 0.05) is 12.1 Å². The molecule has 4 N–H and O–H groups in total. The molecule has 0 saturated carbocycles. The summed E-state index contributed by atoms with van der Waals surface area (Å²) in [5, 5.41) is 30.6. The molecular formula is C21H17NO5. The number of carboxylic acids is 1. The number of carboxylic acid groups (broad SMARTS) is 1. The second kappa shape index (κ2) is 7.61. The second-order valence-corrected chi connectivity index (χ2v) is 5.96. The van der Waals surface area contributed by atoms with Crippen molar-refractivity contribution in [1.29, 1.82) is 0 Å². The number of phenolic OH excluding ortho intramolecular Hbond substituents is 1. The molecule has 136 valence electrons. The first-order valence-electron chi connectivity index (χ1n) is 8.17. The molecule has 0 aliphatic rings. The number of carbonyl (C=O) groups is 2. The van der Waals surface area contributed by atoms with Crippen LogP contribution in [0.3, 0.4) is 0 Å². The topological polar surface area (TPSA) is 107 Å². The van der Waals surface area contributed by atoms with E-state index in [0.717, 1.165) is 22.8 Å². The van der Waals surface area contributed by atoms with Crippen LogP contribution in [-0.4, -0.2) is 27.2 Å². The van der Waals surface area contributed by atoms with E-state index in [-0.39, 0.29) is 29.2 Å². The molecule has 0 saturated heterocycles. The highest BCUT2D eigenvalue weighted by atomic mass is 16.4. The Morgan fingerprint density at radius 2 is 1.41 bits per heavy atom. The lowest BCUT2D eigenvalue weighted by Gasteiger charge is -2.08. The van der Waals surface area contributed by atoms with Crippen molar-refractivity contribution in [2.45, 2.75) is 6.54 Å². The van der Waals surface area contributed by atoms with E-state index in [2.05, 4.69) is 5.32 Å². The van der Waals surface area contributed by atoms with Gasteiger partial charge in [0.05, 0.1) is 0 Å². The maximum Gasteiger partial charge on any atom is 0.339 e. The fourth-order valence-electron chi connectivity index (χ4n) is 2.60. The second-order valence-electron chi connectivity index (χ2n) is 5.96. The number of hydrogen-bond acceptors (Lipinski definition) is 4. The molecule has 3 aromatic rings. The van der Waals surface area contributed by atoms with E-state index in [1.165, 1.54) is 12.1 Å². The van der Waals surface area contributed by atoms with Crippen LogP contribution in [0.1, 0.15) is 26.3 Å². The molecule has 3 aromatic carbocycles. The number of phenols is 2. The van der Waals surface area contributed by atoms with Crippen LogP contribution in [0, 0.1) is 0 Å². The fraction of sp³-hybridized carbons (Fsp3) is 0.0476. The number of hydrogen-bond donors (Lipinski definition) is 4. The zero-order chi connectivity index (χ0) is 19.4. The van der Waals surface area contributed by atoms with E-state index in [1.807, 2.05) is 36.4 Å². The number of rotatable bonds is 5. The lowest BCUT2D eigenvalue weighted by atomic mass is 10.0. The van der Waals surface area contributed by atoms with Crippen molar-refractivity contribution < 1.29 is 24.9 Å². The maximum atomic E-state index is 12.2. The van der Waals surface area contributed by atoms with E-state index in [0.29, 0.717) is 0 Å². The largest absolute Gasteiger partial charge is 0.508 e. The highest BCUT2D eigenvalue weighted by Crippen LogP contribution is 2.22. The molecule has 0 spiro atoms. The van der Waals surface area contributed by atoms with Gasteiger partial charge in [-0.3, -0.25) is 4.79 Å². The molecule has 3 rings (SSSR count). The molecule has 0 aromatic heterocycles. The summed E-state index contributed by atoms with van der Waals surface area (Å²) in [7, 11) is 0. The van der Waals surface area contributed by atoms with Gasteiger partial charge in [-0.2, -0.15) is 0 Å². The predicted octanol–water partition coefficient (Wildman–Crippen LogP) is 3.39. The Hall–Kier alpha value is -3.80. The SMILES string of the molecule is O=C(NCc1ccc(-c2ccc(O)cc2)cc1)c1ccc(O)c(C(=O)O)c1. The molecule has 27 heavy (non-hydrogen) atoms. The summed E-state index contributed by atoms with van der Waals surface area (Å²) < 4.78 is 0. The Bertz CT molecular complexity index is 978. The zero-order valence-corrected chi connectivity index (χ0v) is 14.2. The van der Waals surface area contributed by atoms with Crippen LogP contribution >= 0.6 is 0 Å². The number of aromatic hydroxyl groups is 2. The van der Waals surface area contributed by atoms with Crippen molar-refractivity contribution in [1.82, 2.24) is 5.32 Å². The lowest BCUT2D eigenvalue weighted by Crippen LogP contribution is -2.23. The molecular weight excluding hydrogens is 346 g/mol. The number of nitrogens with one attached hydrogen (secondary N) is 1. The first kappa shape index (κ1) is 18.0. The number of benzene rings is 3. The third-order valence-electron chi connectivity index (χ3n) is 4.10. The third kappa shape index (κ3) is 4.24. The minimum absolute atomic E-state index is 0.158. The lowest BCUT2D eigenvalue weighted by molar-refractivity contribution is 0.0693.